The zero-order valence-electron chi connectivity index (χ0n) is 7.87. The molecule has 0 bridgehead atoms. The first-order valence-corrected chi connectivity index (χ1v) is 5.08. The van der Waals surface area contributed by atoms with Crippen LogP contribution < -0.4 is 0 Å². The molecule has 1 aromatic carbocycles. The Morgan fingerprint density at radius 3 is 2.75 bits per heavy atom. The van der Waals surface area contributed by atoms with Gasteiger partial charge in [0.2, 0.25) is 0 Å². The summed E-state index contributed by atoms with van der Waals surface area (Å²) in [6.07, 6.45) is 1.23. The summed E-state index contributed by atoms with van der Waals surface area (Å²) in [6.45, 7) is 0. The Hall–Kier alpha value is -1.52. The van der Waals surface area contributed by atoms with Gasteiger partial charge in [0.05, 0.1) is 16.2 Å². The third kappa shape index (κ3) is 1.89. The van der Waals surface area contributed by atoms with Crippen molar-refractivity contribution in [1.29, 1.82) is 0 Å². The molecule has 2 aromatic rings. The molecule has 0 radical (unpaired) electrons. The van der Waals surface area contributed by atoms with Gasteiger partial charge in [-0.1, -0.05) is 29.3 Å². The molecule has 0 fully saturated rings. The van der Waals surface area contributed by atoms with E-state index in [1.165, 1.54) is 6.20 Å². The lowest BCUT2D eigenvalue weighted by molar-refractivity contribution is 0.0691. The molecule has 0 atom stereocenters. The van der Waals surface area contributed by atoms with Crippen LogP contribution in [0, 0.1) is 0 Å². The van der Waals surface area contributed by atoms with Crippen LogP contribution in [-0.4, -0.2) is 21.0 Å². The summed E-state index contributed by atoms with van der Waals surface area (Å²) in [7, 11) is 0. The summed E-state index contributed by atoms with van der Waals surface area (Å²) in [6, 6.07) is 5.07. The standard InChI is InChI=1S/C10H6Cl2N2O2/c11-6-3-1-2-5(8(6)12)9-13-4-7(14-9)10(15)16/h1-4H,(H,13,14)(H,15,16). The molecule has 0 aliphatic heterocycles. The maximum absolute atomic E-state index is 10.7. The minimum atomic E-state index is -1.07. The lowest BCUT2D eigenvalue weighted by Gasteiger charge is -2.01. The van der Waals surface area contributed by atoms with Gasteiger partial charge in [-0.25, -0.2) is 9.78 Å². The van der Waals surface area contributed by atoms with Gasteiger partial charge >= 0.3 is 5.97 Å². The van der Waals surface area contributed by atoms with E-state index in [0.717, 1.165) is 0 Å². The second-order valence-electron chi connectivity index (χ2n) is 3.05. The van der Waals surface area contributed by atoms with Crippen molar-refractivity contribution in [3.63, 3.8) is 0 Å². The smallest absolute Gasteiger partial charge is 0.353 e. The zero-order valence-corrected chi connectivity index (χ0v) is 9.38. The predicted molar refractivity (Wildman–Crippen MR) is 61.0 cm³/mol. The first-order valence-electron chi connectivity index (χ1n) is 4.32. The highest BCUT2D eigenvalue weighted by molar-refractivity contribution is 6.43. The highest BCUT2D eigenvalue weighted by atomic mass is 35.5. The Morgan fingerprint density at radius 1 is 1.38 bits per heavy atom. The van der Waals surface area contributed by atoms with Crippen LogP contribution in [0.4, 0.5) is 0 Å². The van der Waals surface area contributed by atoms with E-state index in [1.807, 2.05) is 0 Å². The van der Waals surface area contributed by atoms with Crippen molar-refractivity contribution in [3.8, 4) is 11.4 Å². The molecular weight excluding hydrogens is 251 g/mol. The average Bonchev–Trinajstić information content (AvgIpc) is 2.71. The summed E-state index contributed by atoms with van der Waals surface area (Å²) < 4.78 is 0. The number of aromatic carboxylic acids is 1. The third-order valence-corrected chi connectivity index (χ3v) is 2.83. The summed E-state index contributed by atoms with van der Waals surface area (Å²) in [5, 5.41) is 9.48. The predicted octanol–water partition coefficient (Wildman–Crippen LogP) is 3.08. The van der Waals surface area contributed by atoms with E-state index >= 15 is 0 Å². The maximum atomic E-state index is 10.7. The summed E-state index contributed by atoms with van der Waals surface area (Å²) in [4.78, 5) is 17.2. The number of imidazole rings is 1. The summed E-state index contributed by atoms with van der Waals surface area (Å²) in [5.41, 5.74) is 0.577. The van der Waals surface area contributed by atoms with E-state index < -0.39 is 5.97 Å². The molecule has 2 rings (SSSR count). The van der Waals surface area contributed by atoms with Crippen molar-refractivity contribution in [2.45, 2.75) is 0 Å². The van der Waals surface area contributed by atoms with Gasteiger partial charge in [0.25, 0.3) is 0 Å². The number of carbonyl (C=O) groups is 1. The molecule has 0 spiro atoms. The number of carboxylic acids is 1. The minimum Gasteiger partial charge on any atom is -0.477 e. The highest BCUT2D eigenvalue weighted by Crippen LogP contribution is 2.31. The van der Waals surface area contributed by atoms with E-state index in [9.17, 15) is 4.79 Å². The molecule has 0 unspecified atom stereocenters. The fraction of sp³-hybridized carbons (Fsp3) is 0. The minimum absolute atomic E-state index is 0.00559. The largest absolute Gasteiger partial charge is 0.477 e. The van der Waals surface area contributed by atoms with Crippen molar-refractivity contribution in [3.05, 3.63) is 40.1 Å². The third-order valence-electron chi connectivity index (χ3n) is 2.01. The Bertz CT molecular complexity index is 552. The molecule has 0 saturated heterocycles. The van der Waals surface area contributed by atoms with Gasteiger partial charge < -0.3 is 10.1 Å². The van der Waals surface area contributed by atoms with Gasteiger partial charge in [0.15, 0.2) is 0 Å². The molecule has 82 valence electrons. The lowest BCUT2D eigenvalue weighted by Crippen LogP contribution is -1.95. The molecule has 1 heterocycles. The molecule has 16 heavy (non-hydrogen) atoms. The van der Waals surface area contributed by atoms with Crippen LogP contribution in [0.1, 0.15) is 10.5 Å². The first kappa shape index (κ1) is 11.0. The average molecular weight is 257 g/mol. The number of hydrogen-bond acceptors (Lipinski definition) is 2. The Balaban J connectivity index is 2.50. The molecular formula is C10H6Cl2N2O2. The number of rotatable bonds is 2. The van der Waals surface area contributed by atoms with Gasteiger partial charge in [0.1, 0.15) is 11.5 Å². The van der Waals surface area contributed by atoms with Gasteiger partial charge in [-0.3, -0.25) is 0 Å². The summed E-state index contributed by atoms with van der Waals surface area (Å²) >= 11 is 11.8. The number of nitrogens with one attached hydrogen (secondary N) is 1. The number of benzene rings is 1. The van der Waals surface area contributed by atoms with Crippen LogP contribution in [0.3, 0.4) is 0 Å². The van der Waals surface area contributed by atoms with Crippen LogP contribution >= 0.6 is 23.2 Å². The molecule has 2 N–H and O–H groups in total. The molecule has 1 aromatic heterocycles. The monoisotopic (exact) mass is 256 g/mol. The SMILES string of the molecule is O=C(O)c1cnc(-c2cccc(Cl)c2Cl)[nH]1. The number of aromatic nitrogens is 2. The van der Waals surface area contributed by atoms with Crippen LogP contribution in [0.15, 0.2) is 24.4 Å². The van der Waals surface area contributed by atoms with Gasteiger partial charge in [-0.05, 0) is 12.1 Å². The fourth-order valence-corrected chi connectivity index (χ4v) is 1.64. The number of nitrogens with zero attached hydrogens (tertiary/aromatic N) is 1. The first-order chi connectivity index (χ1) is 7.59. The van der Waals surface area contributed by atoms with Crippen LogP contribution in [0.5, 0.6) is 0 Å². The molecule has 4 nitrogen and oxygen atoms in total. The molecule has 0 saturated carbocycles. The summed E-state index contributed by atoms with van der Waals surface area (Å²) in [5.74, 6) is -0.693. The van der Waals surface area contributed by atoms with Gasteiger partial charge in [-0.2, -0.15) is 0 Å². The topological polar surface area (TPSA) is 66.0 Å². The van der Waals surface area contributed by atoms with Crippen molar-refractivity contribution in [2.24, 2.45) is 0 Å². The van der Waals surface area contributed by atoms with Crippen molar-refractivity contribution in [2.75, 3.05) is 0 Å². The quantitative estimate of drug-likeness (QED) is 0.868. The van der Waals surface area contributed by atoms with Gasteiger partial charge in [-0.15, -0.1) is 0 Å². The van der Waals surface area contributed by atoms with Crippen LogP contribution in [-0.2, 0) is 0 Å². The Kier molecular flexibility index (Phi) is 2.85. The van der Waals surface area contributed by atoms with Crippen molar-refractivity contribution >= 4 is 29.2 Å². The van der Waals surface area contributed by atoms with Crippen LogP contribution in [0.25, 0.3) is 11.4 Å². The Morgan fingerprint density at radius 2 is 2.12 bits per heavy atom. The normalized spacial score (nSPS) is 10.4. The zero-order chi connectivity index (χ0) is 11.7. The van der Waals surface area contributed by atoms with Crippen molar-refractivity contribution in [1.82, 2.24) is 9.97 Å². The number of H-pyrrole nitrogens is 1. The van der Waals surface area contributed by atoms with Crippen molar-refractivity contribution < 1.29 is 9.90 Å². The molecule has 0 aliphatic rings. The highest BCUT2D eigenvalue weighted by Gasteiger charge is 2.12. The second-order valence-corrected chi connectivity index (χ2v) is 3.84. The number of aromatic amines is 1. The molecule has 0 aliphatic carbocycles. The van der Waals surface area contributed by atoms with E-state index in [-0.39, 0.29) is 5.69 Å². The maximum Gasteiger partial charge on any atom is 0.353 e. The van der Waals surface area contributed by atoms with E-state index in [2.05, 4.69) is 9.97 Å². The molecule has 0 amide bonds. The number of carboxylic acid groups (broad SMARTS) is 1. The number of halogens is 2. The second kappa shape index (κ2) is 4.15. The van der Waals surface area contributed by atoms with E-state index in [4.69, 9.17) is 28.3 Å². The van der Waals surface area contributed by atoms with Crippen LogP contribution in [0.2, 0.25) is 10.0 Å². The molecule has 6 heteroatoms. The van der Waals surface area contributed by atoms with E-state index in [1.54, 1.807) is 18.2 Å². The number of hydrogen-bond donors (Lipinski definition) is 2. The van der Waals surface area contributed by atoms with E-state index in [0.29, 0.717) is 21.4 Å². The Labute approximate surface area is 101 Å². The lowest BCUT2D eigenvalue weighted by atomic mass is 10.2. The van der Waals surface area contributed by atoms with Gasteiger partial charge in [0, 0.05) is 5.56 Å². The fourth-order valence-electron chi connectivity index (χ4n) is 1.25.